The lowest BCUT2D eigenvalue weighted by Gasteiger charge is -2.21. The van der Waals surface area contributed by atoms with Crippen LogP contribution in [-0.4, -0.2) is 46.1 Å². The van der Waals surface area contributed by atoms with Crippen LogP contribution in [0.5, 0.6) is 0 Å². The largest absolute Gasteiger partial charge is 0.394 e. The van der Waals surface area contributed by atoms with Crippen molar-refractivity contribution in [2.75, 3.05) is 6.61 Å². The van der Waals surface area contributed by atoms with Crippen LogP contribution in [0.3, 0.4) is 0 Å². The Morgan fingerprint density at radius 1 is 0.387 bits per heavy atom. The fourth-order valence-electron chi connectivity index (χ4n) is 8.63. The minimum Gasteiger partial charge on any atom is -0.394 e. The second kappa shape index (κ2) is 52.2. The molecule has 4 N–H and O–H groups in total. The Labute approximate surface area is 387 Å². The molecule has 0 aliphatic carbocycles. The molecule has 0 spiro atoms. The van der Waals surface area contributed by atoms with Crippen molar-refractivity contribution in [2.45, 2.75) is 315 Å². The van der Waals surface area contributed by atoms with Gasteiger partial charge in [-0.05, 0) is 44.9 Å². The molecule has 0 radical (unpaired) electrons. The summed E-state index contributed by atoms with van der Waals surface area (Å²) in [5, 5.41) is 33.2. The lowest BCUT2D eigenvalue weighted by Crippen LogP contribution is -2.48. The summed E-state index contributed by atoms with van der Waals surface area (Å²) in [6.07, 6.45) is 68.1. The molecule has 3 unspecified atom stereocenters. The summed E-state index contributed by atoms with van der Waals surface area (Å²) < 4.78 is 0. The molecular formula is C57H109NO4. The van der Waals surface area contributed by atoms with Gasteiger partial charge in [-0.2, -0.15) is 0 Å². The predicted molar refractivity (Wildman–Crippen MR) is 273 cm³/mol. The zero-order valence-electron chi connectivity index (χ0n) is 41.8. The normalized spacial score (nSPS) is 13.6. The number of hydrogen-bond acceptors (Lipinski definition) is 4. The number of amides is 1. The van der Waals surface area contributed by atoms with E-state index >= 15 is 0 Å². The van der Waals surface area contributed by atoms with E-state index in [-0.39, 0.29) is 6.61 Å². The molecule has 0 saturated carbocycles. The Morgan fingerprint density at radius 3 is 0.984 bits per heavy atom. The maximum atomic E-state index is 12.5. The molecule has 0 fully saturated rings. The van der Waals surface area contributed by atoms with Crippen molar-refractivity contribution in [3.63, 3.8) is 0 Å². The molecule has 0 aliphatic heterocycles. The number of carbonyl (C=O) groups is 1. The maximum absolute atomic E-state index is 12.5. The molecule has 0 aromatic carbocycles. The van der Waals surface area contributed by atoms with Crippen LogP contribution in [0, 0.1) is 0 Å². The molecular weight excluding hydrogens is 763 g/mol. The summed E-state index contributed by atoms with van der Waals surface area (Å²) in [5.74, 6) is -0.513. The highest BCUT2D eigenvalue weighted by Gasteiger charge is 2.22. The van der Waals surface area contributed by atoms with Crippen LogP contribution < -0.4 is 5.32 Å². The average Bonchev–Trinajstić information content (AvgIpc) is 3.28. The molecule has 0 aromatic rings. The number of carbonyl (C=O) groups excluding carboxylic acids is 1. The monoisotopic (exact) mass is 872 g/mol. The Morgan fingerprint density at radius 2 is 0.661 bits per heavy atom. The molecule has 62 heavy (non-hydrogen) atoms. The Balaban J connectivity index is 3.53. The Bertz CT molecular complexity index is 962. The SMILES string of the molecule is CCCCCCCC/C=C/CC/C=C/CC/C=C/C(O)C(CO)NC(=O)C(O)CCCCCCCCCCCCCCCCCCCCCCCCCCCCCCCCCC. The van der Waals surface area contributed by atoms with E-state index in [4.69, 9.17) is 0 Å². The summed E-state index contributed by atoms with van der Waals surface area (Å²) in [4.78, 5) is 12.5. The lowest BCUT2D eigenvalue weighted by atomic mass is 10.0. The van der Waals surface area contributed by atoms with E-state index in [0.29, 0.717) is 6.42 Å². The quantitative estimate of drug-likeness (QED) is 0.0362. The third-order valence-electron chi connectivity index (χ3n) is 13.0. The van der Waals surface area contributed by atoms with E-state index in [1.54, 1.807) is 6.08 Å². The highest BCUT2D eigenvalue weighted by Crippen LogP contribution is 2.17. The van der Waals surface area contributed by atoms with Gasteiger partial charge in [-0.25, -0.2) is 0 Å². The van der Waals surface area contributed by atoms with Crippen molar-refractivity contribution in [2.24, 2.45) is 0 Å². The van der Waals surface area contributed by atoms with Crippen LogP contribution in [0.1, 0.15) is 296 Å². The van der Waals surface area contributed by atoms with Gasteiger partial charge in [-0.3, -0.25) is 4.79 Å². The molecule has 0 aliphatic rings. The lowest BCUT2D eigenvalue weighted by molar-refractivity contribution is -0.131. The molecule has 3 atom stereocenters. The van der Waals surface area contributed by atoms with Crippen LogP contribution >= 0.6 is 0 Å². The zero-order chi connectivity index (χ0) is 45.1. The van der Waals surface area contributed by atoms with E-state index in [9.17, 15) is 20.1 Å². The molecule has 1 amide bonds. The first-order chi connectivity index (χ1) is 30.6. The van der Waals surface area contributed by atoms with E-state index in [1.807, 2.05) is 6.08 Å². The number of hydrogen-bond donors (Lipinski definition) is 4. The van der Waals surface area contributed by atoms with Crippen LogP contribution in [0.25, 0.3) is 0 Å². The van der Waals surface area contributed by atoms with Gasteiger partial charge < -0.3 is 20.6 Å². The van der Waals surface area contributed by atoms with Crippen LogP contribution in [0.15, 0.2) is 36.5 Å². The smallest absolute Gasteiger partial charge is 0.249 e. The number of rotatable bonds is 51. The van der Waals surface area contributed by atoms with Gasteiger partial charge >= 0.3 is 0 Å². The Kier molecular flexibility index (Phi) is 51.0. The van der Waals surface area contributed by atoms with Crippen LogP contribution in [0.2, 0.25) is 0 Å². The molecule has 0 bridgehead atoms. The summed E-state index contributed by atoms with van der Waals surface area (Å²) in [6, 6.07) is -0.819. The zero-order valence-corrected chi connectivity index (χ0v) is 41.8. The summed E-state index contributed by atoms with van der Waals surface area (Å²) in [7, 11) is 0. The van der Waals surface area contributed by atoms with Gasteiger partial charge in [0.1, 0.15) is 6.10 Å². The third-order valence-corrected chi connectivity index (χ3v) is 13.0. The highest BCUT2D eigenvalue weighted by atomic mass is 16.3. The predicted octanol–water partition coefficient (Wildman–Crippen LogP) is 17.1. The molecule has 0 heterocycles. The van der Waals surface area contributed by atoms with Crippen molar-refractivity contribution in [1.29, 1.82) is 0 Å². The Hall–Kier alpha value is -1.43. The molecule has 366 valence electrons. The second-order valence-corrected chi connectivity index (χ2v) is 19.1. The van der Waals surface area contributed by atoms with Crippen molar-refractivity contribution in [1.82, 2.24) is 5.32 Å². The van der Waals surface area contributed by atoms with Gasteiger partial charge in [0, 0.05) is 0 Å². The molecule has 5 nitrogen and oxygen atoms in total. The first-order valence-corrected chi connectivity index (χ1v) is 27.8. The van der Waals surface area contributed by atoms with Crippen molar-refractivity contribution in [3.05, 3.63) is 36.5 Å². The van der Waals surface area contributed by atoms with Crippen molar-refractivity contribution in [3.8, 4) is 0 Å². The first-order valence-electron chi connectivity index (χ1n) is 27.8. The molecule has 0 rings (SSSR count). The van der Waals surface area contributed by atoms with Gasteiger partial charge in [0.15, 0.2) is 0 Å². The number of nitrogens with one attached hydrogen (secondary N) is 1. The van der Waals surface area contributed by atoms with Gasteiger partial charge in [0.2, 0.25) is 5.91 Å². The van der Waals surface area contributed by atoms with E-state index in [2.05, 4.69) is 43.5 Å². The van der Waals surface area contributed by atoms with Gasteiger partial charge in [0.05, 0.1) is 18.8 Å². The minimum absolute atomic E-state index is 0.379. The molecule has 5 heteroatoms. The second-order valence-electron chi connectivity index (χ2n) is 19.1. The van der Waals surface area contributed by atoms with Gasteiger partial charge in [-0.15, -0.1) is 0 Å². The first kappa shape index (κ1) is 60.6. The summed E-state index contributed by atoms with van der Waals surface area (Å²) in [5.41, 5.74) is 0. The highest BCUT2D eigenvalue weighted by molar-refractivity contribution is 5.80. The standard InChI is InChI=1S/C57H109NO4/c1-3-5-7-9-11-13-15-17-19-21-22-23-24-25-26-27-28-29-30-31-32-33-34-35-36-38-40-42-44-46-48-50-52-56(61)57(62)58-54(53-59)55(60)51-49-47-45-43-41-39-37-20-18-16-14-12-10-8-6-4-2/h18,20,41,43,49,51,54-56,59-61H,3-17,19,21-40,42,44-48,50,52-53H2,1-2H3,(H,58,62)/b20-18+,43-41+,51-49+. The van der Waals surface area contributed by atoms with Crippen molar-refractivity contribution >= 4 is 5.91 Å². The summed E-state index contributed by atoms with van der Waals surface area (Å²) >= 11 is 0. The summed E-state index contributed by atoms with van der Waals surface area (Å²) in [6.45, 7) is 4.18. The number of allylic oxidation sites excluding steroid dienone is 5. The average molecular weight is 873 g/mol. The number of aliphatic hydroxyl groups excluding tert-OH is 3. The van der Waals surface area contributed by atoms with E-state index < -0.39 is 24.2 Å². The maximum Gasteiger partial charge on any atom is 0.249 e. The van der Waals surface area contributed by atoms with E-state index in [1.165, 1.54) is 231 Å². The van der Waals surface area contributed by atoms with Gasteiger partial charge in [-0.1, -0.05) is 288 Å². The fraction of sp³-hybridized carbons (Fsp3) is 0.877. The topological polar surface area (TPSA) is 89.8 Å². The molecule has 0 aromatic heterocycles. The van der Waals surface area contributed by atoms with Crippen LogP contribution in [-0.2, 0) is 4.79 Å². The van der Waals surface area contributed by atoms with Crippen molar-refractivity contribution < 1.29 is 20.1 Å². The van der Waals surface area contributed by atoms with Crippen LogP contribution in [0.4, 0.5) is 0 Å². The molecule has 0 saturated heterocycles. The number of unbranched alkanes of at least 4 members (excludes halogenated alkanes) is 39. The number of aliphatic hydroxyl groups is 3. The minimum atomic E-state index is -1.11. The van der Waals surface area contributed by atoms with E-state index in [0.717, 1.165) is 44.9 Å². The third kappa shape index (κ3) is 46.6. The van der Waals surface area contributed by atoms with Gasteiger partial charge in [0.25, 0.3) is 0 Å². The fourth-order valence-corrected chi connectivity index (χ4v) is 8.63.